The molecular formula is C9H18N2O3. The van der Waals surface area contributed by atoms with Crippen molar-refractivity contribution in [2.75, 3.05) is 20.1 Å². The predicted molar refractivity (Wildman–Crippen MR) is 53.0 cm³/mol. The van der Waals surface area contributed by atoms with Crippen LogP contribution in [0.3, 0.4) is 0 Å². The topological polar surface area (TPSA) is 78.4 Å². The van der Waals surface area contributed by atoms with Gasteiger partial charge in [-0.25, -0.2) is 0 Å². The van der Waals surface area contributed by atoms with Crippen molar-refractivity contribution >= 4 is 11.9 Å². The van der Waals surface area contributed by atoms with E-state index in [4.69, 9.17) is 5.11 Å². The zero-order chi connectivity index (χ0) is 11.2. The minimum atomic E-state index is -0.911. The van der Waals surface area contributed by atoms with Crippen LogP contribution in [-0.4, -0.2) is 37.1 Å². The van der Waals surface area contributed by atoms with Crippen molar-refractivity contribution in [3.05, 3.63) is 0 Å². The molecule has 0 bridgehead atoms. The quantitative estimate of drug-likeness (QED) is 0.558. The van der Waals surface area contributed by atoms with Crippen LogP contribution in [0, 0.1) is 5.41 Å². The van der Waals surface area contributed by atoms with Gasteiger partial charge < -0.3 is 15.7 Å². The van der Waals surface area contributed by atoms with Gasteiger partial charge in [0.2, 0.25) is 5.91 Å². The van der Waals surface area contributed by atoms with Crippen molar-refractivity contribution in [3.63, 3.8) is 0 Å². The van der Waals surface area contributed by atoms with Gasteiger partial charge in [0.25, 0.3) is 0 Å². The maximum atomic E-state index is 11.1. The first-order valence-corrected chi connectivity index (χ1v) is 4.55. The Bertz CT molecular complexity index is 214. The lowest BCUT2D eigenvalue weighted by Crippen LogP contribution is -2.39. The summed E-state index contributed by atoms with van der Waals surface area (Å²) in [4.78, 5) is 21.8. The molecule has 0 aromatic rings. The average Bonchev–Trinajstić information content (AvgIpc) is 2.11. The number of carboxylic acids is 1. The monoisotopic (exact) mass is 202 g/mol. The Balaban J connectivity index is 3.82. The molecule has 1 amide bonds. The predicted octanol–water partition coefficient (Wildman–Crippen LogP) is -0.177. The molecule has 82 valence electrons. The summed E-state index contributed by atoms with van der Waals surface area (Å²) in [5.41, 5.74) is -0.907. The second-order valence-electron chi connectivity index (χ2n) is 3.82. The molecule has 0 radical (unpaired) electrons. The first kappa shape index (κ1) is 12.9. The minimum Gasteiger partial charge on any atom is -0.481 e. The first-order chi connectivity index (χ1) is 6.40. The maximum absolute atomic E-state index is 11.1. The second kappa shape index (κ2) is 5.59. The molecule has 0 atom stereocenters. The van der Waals surface area contributed by atoms with Gasteiger partial charge in [-0.2, -0.15) is 0 Å². The second-order valence-corrected chi connectivity index (χ2v) is 3.82. The summed E-state index contributed by atoms with van der Waals surface area (Å²) in [7, 11) is 1.76. The van der Waals surface area contributed by atoms with Crippen molar-refractivity contribution < 1.29 is 14.7 Å². The summed E-state index contributed by atoms with van der Waals surface area (Å²) >= 11 is 0. The van der Waals surface area contributed by atoms with Crippen LogP contribution < -0.4 is 10.6 Å². The smallest absolute Gasteiger partial charge is 0.310 e. The third kappa shape index (κ3) is 4.81. The Morgan fingerprint density at radius 3 is 2.36 bits per heavy atom. The van der Waals surface area contributed by atoms with Crippen molar-refractivity contribution in [2.45, 2.75) is 20.3 Å². The molecule has 3 N–H and O–H groups in total. The molecule has 0 unspecified atom stereocenters. The SMILES string of the molecule is CNCCC(=O)NCC(C)(C)C(=O)O. The van der Waals surface area contributed by atoms with E-state index in [2.05, 4.69) is 10.6 Å². The van der Waals surface area contributed by atoms with Crippen molar-refractivity contribution in [1.82, 2.24) is 10.6 Å². The van der Waals surface area contributed by atoms with Gasteiger partial charge in [0.05, 0.1) is 5.41 Å². The zero-order valence-electron chi connectivity index (χ0n) is 8.89. The van der Waals surface area contributed by atoms with Crippen LogP contribution in [0.1, 0.15) is 20.3 Å². The van der Waals surface area contributed by atoms with E-state index >= 15 is 0 Å². The molecule has 0 aliphatic carbocycles. The molecular weight excluding hydrogens is 184 g/mol. The van der Waals surface area contributed by atoms with Crippen LogP contribution in [0.5, 0.6) is 0 Å². The van der Waals surface area contributed by atoms with Crippen LogP contribution in [-0.2, 0) is 9.59 Å². The number of carbonyl (C=O) groups is 2. The lowest BCUT2D eigenvalue weighted by atomic mass is 9.94. The highest BCUT2D eigenvalue weighted by molar-refractivity contribution is 5.78. The van der Waals surface area contributed by atoms with Gasteiger partial charge in [0.15, 0.2) is 0 Å². The summed E-state index contributed by atoms with van der Waals surface area (Å²) < 4.78 is 0. The lowest BCUT2D eigenvalue weighted by molar-refractivity contribution is -0.146. The number of aliphatic carboxylic acids is 1. The van der Waals surface area contributed by atoms with E-state index in [0.717, 1.165) is 0 Å². The average molecular weight is 202 g/mol. The largest absolute Gasteiger partial charge is 0.481 e. The number of carboxylic acid groups (broad SMARTS) is 1. The molecule has 0 aromatic carbocycles. The third-order valence-electron chi connectivity index (χ3n) is 1.91. The van der Waals surface area contributed by atoms with Gasteiger partial charge in [-0.05, 0) is 20.9 Å². The van der Waals surface area contributed by atoms with E-state index in [1.54, 1.807) is 20.9 Å². The highest BCUT2D eigenvalue weighted by Crippen LogP contribution is 2.12. The number of amides is 1. The van der Waals surface area contributed by atoms with E-state index in [9.17, 15) is 9.59 Å². The van der Waals surface area contributed by atoms with E-state index in [1.165, 1.54) is 0 Å². The Hall–Kier alpha value is -1.10. The molecule has 0 heterocycles. The molecule has 0 saturated carbocycles. The summed E-state index contributed by atoms with van der Waals surface area (Å²) in [5.74, 6) is -1.04. The maximum Gasteiger partial charge on any atom is 0.310 e. The highest BCUT2D eigenvalue weighted by atomic mass is 16.4. The van der Waals surface area contributed by atoms with Gasteiger partial charge in [-0.15, -0.1) is 0 Å². The molecule has 0 aliphatic rings. The van der Waals surface area contributed by atoms with E-state index in [0.29, 0.717) is 13.0 Å². The van der Waals surface area contributed by atoms with Gasteiger partial charge in [-0.1, -0.05) is 0 Å². The van der Waals surface area contributed by atoms with Gasteiger partial charge in [0, 0.05) is 19.5 Å². The zero-order valence-corrected chi connectivity index (χ0v) is 8.89. The summed E-state index contributed by atoms with van der Waals surface area (Å²) in [5, 5.41) is 14.2. The van der Waals surface area contributed by atoms with Crippen LogP contribution in [0.4, 0.5) is 0 Å². The third-order valence-corrected chi connectivity index (χ3v) is 1.91. The summed E-state index contributed by atoms with van der Waals surface area (Å²) in [6.45, 7) is 3.91. The van der Waals surface area contributed by atoms with E-state index in [-0.39, 0.29) is 12.5 Å². The lowest BCUT2D eigenvalue weighted by Gasteiger charge is -2.19. The van der Waals surface area contributed by atoms with Gasteiger partial charge in [-0.3, -0.25) is 9.59 Å². The number of rotatable bonds is 6. The molecule has 5 nitrogen and oxygen atoms in total. The molecule has 5 heteroatoms. The van der Waals surface area contributed by atoms with Gasteiger partial charge in [0.1, 0.15) is 0 Å². The molecule has 14 heavy (non-hydrogen) atoms. The fourth-order valence-corrected chi connectivity index (χ4v) is 0.722. The fraction of sp³-hybridized carbons (Fsp3) is 0.778. The normalized spacial score (nSPS) is 11.1. The number of hydrogen-bond acceptors (Lipinski definition) is 3. The highest BCUT2D eigenvalue weighted by Gasteiger charge is 2.27. The number of nitrogens with one attached hydrogen (secondary N) is 2. The number of hydrogen-bond donors (Lipinski definition) is 3. The first-order valence-electron chi connectivity index (χ1n) is 4.55. The molecule has 0 saturated heterocycles. The van der Waals surface area contributed by atoms with Crippen LogP contribution >= 0.6 is 0 Å². The standard InChI is InChI=1S/C9H18N2O3/c1-9(2,8(13)14)6-11-7(12)4-5-10-3/h10H,4-6H2,1-3H3,(H,11,12)(H,13,14). The molecule has 0 rings (SSSR count). The van der Waals surface area contributed by atoms with Crippen LogP contribution in [0.15, 0.2) is 0 Å². The van der Waals surface area contributed by atoms with Gasteiger partial charge >= 0.3 is 5.97 Å². The Labute approximate surface area is 83.9 Å². The van der Waals surface area contributed by atoms with Crippen LogP contribution in [0.25, 0.3) is 0 Å². The van der Waals surface area contributed by atoms with Crippen LogP contribution in [0.2, 0.25) is 0 Å². The number of carbonyl (C=O) groups excluding carboxylic acids is 1. The van der Waals surface area contributed by atoms with Crippen molar-refractivity contribution in [3.8, 4) is 0 Å². The summed E-state index contributed by atoms with van der Waals surface area (Å²) in [6, 6.07) is 0. The Morgan fingerprint density at radius 1 is 1.36 bits per heavy atom. The molecule has 0 aliphatic heterocycles. The molecule has 0 fully saturated rings. The van der Waals surface area contributed by atoms with Crippen molar-refractivity contribution in [1.29, 1.82) is 0 Å². The Kier molecular flexibility index (Phi) is 5.15. The van der Waals surface area contributed by atoms with E-state index in [1.807, 2.05) is 0 Å². The minimum absolute atomic E-state index is 0.131. The fourth-order valence-electron chi connectivity index (χ4n) is 0.722. The Morgan fingerprint density at radius 2 is 1.93 bits per heavy atom. The van der Waals surface area contributed by atoms with E-state index < -0.39 is 11.4 Å². The van der Waals surface area contributed by atoms with Crippen molar-refractivity contribution in [2.24, 2.45) is 5.41 Å². The summed E-state index contributed by atoms with van der Waals surface area (Å²) in [6.07, 6.45) is 0.367. The molecule has 0 spiro atoms. The molecule has 0 aromatic heterocycles.